The Morgan fingerprint density at radius 3 is 2.19 bits per heavy atom. The van der Waals surface area contributed by atoms with Crippen molar-refractivity contribution >= 4 is 62.0 Å². The molecular weight excluding hydrogens is 505 g/mol. The SMILES string of the molecule is CCOP(=S)(OCC)Oc1ccc(Br)cc1C(=O)Nc1ccc(Br)cc1. The molecule has 1 amide bonds. The van der Waals surface area contributed by atoms with Gasteiger partial charge in [-0.3, -0.25) is 13.8 Å². The summed E-state index contributed by atoms with van der Waals surface area (Å²) in [7, 11) is 0. The number of nitrogens with one attached hydrogen (secondary N) is 1. The van der Waals surface area contributed by atoms with Gasteiger partial charge in [0.2, 0.25) is 0 Å². The first-order chi connectivity index (χ1) is 12.4. The van der Waals surface area contributed by atoms with E-state index in [0.717, 1.165) is 8.95 Å². The molecule has 0 aliphatic heterocycles. The van der Waals surface area contributed by atoms with Gasteiger partial charge in [-0.05, 0) is 56.3 Å². The predicted molar refractivity (Wildman–Crippen MR) is 114 cm³/mol. The lowest BCUT2D eigenvalue weighted by Crippen LogP contribution is -2.14. The second-order valence-corrected chi connectivity index (χ2v) is 9.74. The Morgan fingerprint density at radius 2 is 1.62 bits per heavy atom. The summed E-state index contributed by atoms with van der Waals surface area (Å²) in [6.45, 7) is 1.35. The molecule has 26 heavy (non-hydrogen) atoms. The average molecular weight is 523 g/mol. The third-order valence-corrected chi connectivity index (χ3v) is 6.52. The first-order valence-corrected chi connectivity index (χ1v) is 12.0. The first-order valence-electron chi connectivity index (χ1n) is 7.82. The third-order valence-electron chi connectivity index (χ3n) is 3.07. The van der Waals surface area contributed by atoms with Gasteiger partial charge < -0.3 is 9.84 Å². The van der Waals surface area contributed by atoms with Crippen LogP contribution in [0.2, 0.25) is 0 Å². The number of carbonyl (C=O) groups is 1. The lowest BCUT2D eigenvalue weighted by Gasteiger charge is -2.22. The van der Waals surface area contributed by atoms with E-state index in [1.54, 1.807) is 30.3 Å². The fourth-order valence-electron chi connectivity index (χ4n) is 2.02. The van der Waals surface area contributed by atoms with Crippen molar-refractivity contribution in [1.82, 2.24) is 0 Å². The fraction of sp³-hybridized carbons (Fsp3) is 0.235. The highest BCUT2D eigenvalue weighted by atomic mass is 79.9. The van der Waals surface area contributed by atoms with Crippen LogP contribution in [-0.2, 0) is 20.9 Å². The largest absolute Gasteiger partial charge is 0.423 e. The maximum atomic E-state index is 12.7. The van der Waals surface area contributed by atoms with E-state index >= 15 is 0 Å². The van der Waals surface area contributed by atoms with Crippen molar-refractivity contribution < 1.29 is 18.4 Å². The zero-order chi connectivity index (χ0) is 19.2. The molecule has 2 aromatic rings. The van der Waals surface area contributed by atoms with E-state index in [0.29, 0.717) is 30.2 Å². The zero-order valence-electron chi connectivity index (χ0n) is 14.2. The molecule has 0 aromatic heterocycles. The highest BCUT2D eigenvalue weighted by molar-refractivity contribution is 9.10. The Bertz CT molecular complexity index is 807. The molecule has 2 aromatic carbocycles. The summed E-state index contributed by atoms with van der Waals surface area (Å²) in [6.07, 6.45) is 0. The van der Waals surface area contributed by atoms with E-state index in [9.17, 15) is 4.79 Å². The number of benzene rings is 2. The van der Waals surface area contributed by atoms with Gasteiger partial charge in [-0.2, -0.15) is 0 Å². The lowest BCUT2D eigenvalue weighted by molar-refractivity contribution is 0.102. The maximum absolute atomic E-state index is 12.7. The molecule has 0 saturated heterocycles. The van der Waals surface area contributed by atoms with Crippen LogP contribution in [0.4, 0.5) is 5.69 Å². The van der Waals surface area contributed by atoms with Gasteiger partial charge >= 0.3 is 6.72 Å². The van der Waals surface area contributed by atoms with Crippen molar-refractivity contribution in [3.63, 3.8) is 0 Å². The minimum Gasteiger partial charge on any atom is -0.423 e. The zero-order valence-corrected chi connectivity index (χ0v) is 19.1. The Labute approximate surface area is 174 Å². The van der Waals surface area contributed by atoms with Crippen molar-refractivity contribution in [2.75, 3.05) is 18.5 Å². The van der Waals surface area contributed by atoms with Gasteiger partial charge in [0.15, 0.2) is 0 Å². The predicted octanol–water partition coefficient (Wildman–Crippen LogP) is 6.14. The van der Waals surface area contributed by atoms with E-state index in [-0.39, 0.29) is 5.91 Å². The molecule has 0 heterocycles. The van der Waals surface area contributed by atoms with Crippen LogP contribution in [0.1, 0.15) is 24.2 Å². The second-order valence-electron chi connectivity index (χ2n) is 4.98. The van der Waals surface area contributed by atoms with Crippen LogP contribution in [0.5, 0.6) is 5.75 Å². The minimum absolute atomic E-state index is 0.313. The Kier molecular flexibility index (Phi) is 8.26. The molecule has 0 radical (unpaired) electrons. The molecule has 0 aliphatic carbocycles. The van der Waals surface area contributed by atoms with Crippen LogP contribution in [0.25, 0.3) is 0 Å². The molecule has 0 saturated carbocycles. The normalized spacial score (nSPS) is 11.2. The standard InChI is InChI=1S/C17H18Br2NO4PS/c1-3-22-25(26,23-4-2)24-16-10-7-13(19)11-15(16)17(21)20-14-8-5-12(18)6-9-14/h5-11H,3-4H2,1-2H3,(H,20,21). The van der Waals surface area contributed by atoms with Gasteiger partial charge in [0.25, 0.3) is 5.91 Å². The fourth-order valence-corrected chi connectivity index (χ4v) is 4.73. The number of carbonyl (C=O) groups excluding carboxylic acids is 1. The highest BCUT2D eigenvalue weighted by Gasteiger charge is 2.24. The Hall–Kier alpha value is -0.760. The van der Waals surface area contributed by atoms with Crippen molar-refractivity contribution in [3.05, 3.63) is 57.0 Å². The van der Waals surface area contributed by atoms with Gasteiger partial charge in [0, 0.05) is 26.4 Å². The van der Waals surface area contributed by atoms with Crippen molar-refractivity contribution in [2.45, 2.75) is 13.8 Å². The highest BCUT2D eigenvalue weighted by Crippen LogP contribution is 2.50. The molecule has 0 aliphatic rings. The quantitative estimate of drug-likeness (QED) is 0.422. The van der Waals surface area contributed by atoms with Crippen LogP contribution < -0.4 is 9.84 Å². The smallest absolute Gasteiger partial charge is 0.380 e. The Morgan fingerprint density at radius 1 is 1.04 bits per heavy atom. The molecule has 0 spiro atoms. The van der Waals surface area contributed by atoms with E-state index in [4.69, 9.17) is 25.4 Å². The van der Waals surface area contributed by atoms with Gasteiger partial charge in [-0.1, -0.05) is 31.9 Å². The van der Waals surface area contributed by atoms with Gasteiger partial charge in [0.1, 0.15) is 5.75 Å². The summed E-state index contributed by atoms with van der Waals surface area (Å²) >= 11 is 12.1. The molecule has 140 valence electrons. The number of anilines is 1. The van der Waals surface area contributed by atoms with Crippen LogP contribution in [-0.4, -0.2) is 19.1 Å². The number of hydrogen-bond acceptors (Lipinski definition) is 5. The molecule has 1 N–H and O–H groups in total. The van der Waals surface area contributed by atoms with Crippen LogP contribution >= 0.6 is 38.6 Å². The molecule has 2 rings (SSSR count). The van der Waals surface area contributed by atoms with Crippen LogP contribution in [0.3, 0.4) is 0 Å². The molecular formula is C17H18Br2NO4PS. The van der Waals surface area contributed by atoms with Crippen LogP contribution in [0.15, 0.2) is 51.4 Å². The molecule has 0 atom stereocenters. The van der Waals surface area contributed by atoms with E-state index in [2.05, 4.69) is 37.2 Å². The third kappa shape index (κ3) is 6.15. The summed E-state index contributed by atoms with van der Waals surface area (Å²) < 4.78 is 18.5. The average Bonchev–Trinajstić information content (AvgIpc) is 2.59. The minimum atomic E-state index is -2.98. The first kappa shape index (κ1) is 21.5. The molecule has 0 unspecified atom stereocenters. The summed E-state index contributed by atoms with van der Waals surface area (Å²) in [4.78, 5) is 12.7. The van der Waals surface area contributed by atoms with E-state index < -0.39 is 6.72 Å². The maximum Gasteiger partial charge on any atom is 0.380 e. The van der Waals surface area contributed by atoms with Crippen molar-refractivity contribution in [2.24, 2.45) is 0 Å². The summed E-state index contributed by atoms with van der Waals surface area (Å²) in [5.41, 5.74) is 0.995. The van der Waals surface area contributed by atoms with Crippen molar-refractivity contribution in [1.29, 1.82) is 0 Å². The van der Waals surface area contributed by atoms with E-state index in [1.165, 1.54) is 0 Å². The Balaban J connectivity index is 2.30. The number of rotatable bonds is 8. The van der Waals surface area contributed by atoms with Crippen molar-refractivity contribution in [3.8, 4) is 5.75 Å². The molecule has 0 bridgehead atoms. The molecule has 9 heteroatoms. The van der Waals surface area contributed by atoms with Gasteiger partial charge in [0.05, 0.1) is 18.8 Å². The summed E-state index contributed by atoms with van der Waals surface area (Å²) in [6, 6.07) is 12.4. The topological polar surface area (TPSA) is 56.8 Å². The molecule has 5 nitrogen and oxygen atoms in total. The summed E-state index contributed by atoms with van der Waals surface area (Å²) in [5.74, 6) is -0.00813. The number of halogens is 2. The summed E-state index contributed by atoms with van der Waals surface area (Å²) in [5, 5.41) is 2.84. The van der Waals surface area contributed by atoms with Crippen LogP contribution in [0, 0.1) is 0 Å². The van der Waals surface area contributed by atoms with E-state index in [1.807, 2.05) is 26.0 Å². The number of amides is 1. The second kappa shape index (κ2) is 9.97. The lowest BCUT2D eigenvalue weighted by atomic mass is 10.2. The molecule has 0 fully saturated rings. The monoisotopic (exact) mass is 521 g/mol. The van der Waals surface area contributed by atoms with Gasteiger partial charge in [-0.15, -0.1) is 0 Å². The number of hydrogen-bond donors (Lipinski definition) is 1. The van der Waals surface area contributed by atoms with Gasteiger partial charge in [-0.25, -0.2) is 0 Å².